The Morgan fingerprint density at radius 3 is 2.62 bits per heavy atom. The third-order valence-corrected chi connectivity index (χ3v) is 4.69. The van der Waals surface area contributed by atoms with Gasteiger partial charge in [-0.1, -0.05) is 56.6 Å². The van der Waals surface area contributed by atoms with Crippen molar-refractivity contribution in [3.05, 3.63) is 35.4 Å². The van der Waals surface area contributed by atoms with Crippen molar-refractivity contribution < 1.29 is 4.79 Å². The summed E-state index contributed by atoms with van der Waals surface area (Å²) in [6.45, 7) is 2.71. The third-order valence-electron chi connectivity index (χ3n) is 4.45. The largest absolute Gasteiger partial charge is 0.389 e. The fourth-order valence-electron chi connectivity index (χ4n) is 3.18. The van der Waals surface area contributed by atoms with E-state index in [1.165, 1.54) is 6.42 Å². The molecule has 0 heterocycles. The fraction of sp³-hybridized carbons (Fsp3) is 0.529. The van der Waals surface area contributed by atoms with Gasteiger partial charge in [-0.15, -0.1) is 0 Å². The average molecular weight is 304 g/mol. The monoisotopic (exact) mass is 304 g/mol. The molecule has 0 spiro atoms. The smallest absolute Gasteiger partial charge is 0.228 e. The Morgan fingerprint density at radius 2 is 2.00 bits per heavy atom. The highest BCUT2D eigenvalue weighted by atomic mass is 32.1. The highest BCUT2D eigenvalue weighted by Gasteiger charge is 2.36. The van der Waals surface area contributed by atoms with Gasteiger partial charge in [0.1, 0.15) is 4.99 Å². The summed E-state index contributed by atoms with van der Waals surface area (Å²) in [6.07, 6.45) is 5.58. The number of hydrogen-bond acceptors (Lipinski definition) is 2. The zero-order valence-electron chi connectivity index (χ0n) is 12.9. The van der Waals surface area contributed by atoms with Gasteiger partial charge in [-0.25, -0.2) is 0 Å². The average Bonchev–Trinajstić information content (AvgIpc) is 2.47. The number of thiocarbonyl (C=S) groups is 1. The fourth-order valence-corrected chi connectivity index (χ4v) is 3.30. The number of hydrogen-bond donors (Lipinski definition) is 1. The van der Waals surface area contributed by atoms with E-state index in [2.05, 4.69) is 6.92 Å². The highest BCUT2D eigenvalue weighted by molar-refractivity contribution is 7.80. The van der Waals surface area contributed by atoms with Gasteiger partial charge in [0, 0.05) is 24.6 Å². The molecule has 4 heteroatoms. The minimum Gasteiger partial charge on any atom is -0.389 e. The summed E-state index contributed by atoms with van der Waals surface area (Å²) in [6, 6.07) is 7.81. The number of rotatable bonds is 4. The van der Waals surface area contributed by atoms with Crippen LogP contribution in [0.15, 0.2) is 24.3 Å². The minimum atomic E-state index is -0.187. The molecular formula is C17H24N2OS. The first kappa shape index (κ1) is 16.0. The number of amides is 1. The molecule has 0 bridgehead atoms. The van der Waals surface area contributed by atoms with E-state index in [1.54, 1.807) is 0 Å². The van der Waals surface area contributed by atoms with E-state index >= 15 is 0 Å². The van der Waals surface area contributed by atoms with E-state index in [4.69, 9.17) is 18.0 Å². The molecule has 0 saturated heterocycles. The number of nitrogens with two attached hydrogens (primary N) is 1. The Morgan fingerprint density at radius 1 is 1.33 bits per heavy atom. The SMILES string of the molecule is CN(Cc1cccc(C(N)=S)c1)C(=O)C1(C)CCCCC1. The Kier molecular flexibility index (Phi) is 4.99. The lowest BCUT2D eigenvalue weighted by molar-refractivity contribution is -0.142. The van der Waals surface area contributed by atoms with Crippen LogP contribution in [0.1, 0.15) is 50.2 Å². The molecule has 1 aromatic rings. The summed E-state index contributed by atoms with van der Waals surface area (Å²) in [7, 11) is 1.88. The predicted molar refractivity (Wildman–Crippen MR) is 90.0 cm³/mol. The first-order valence-corrected chi connectivity index (χ1v) is 7.97. The summed E-state index contributed by atoms with van der Waals surface area (Å²) < 4.78 is 0. The summed E-state index contributed by atoms with van der Waals surface area (Å²) in [5.41, 5.74) is 7.39. The van der Waals surface area contributed by atoms with Crippen LogP contribution in [0.3, 0.4) is 0 Å². The van der Waals surface area contributed by atoms with Crippen molar-refractivity contribution in [2.75, 3.05) is 7.05 Å². The second kappa shape index (κ2) is 6.56. The van der Waals surface area contributed by atoms with Crippen LogP contribution in [-0.4, -0.2) is 22.8 Å². The van der Waals surface area contributed by atoms with Gasteiger partial charge in [-0.05, 0) is 24.5 Å². The van der Waals surface area contributed by atoms with Gasteiger partial charge in [0.05, 0.1) is 0 Å². The van der Waals surface area contributed by atoms with Crippen LogP contribution >= 0.6 is 12.2 Å². The Hall–Kier alpha value is -1.42. The van der Waals surface area contributed by atoms with Crippen LogP contribution in [0.5, 0.6) is 0 Å². The molecule has 2 N–H and O–H groups in total. The Bertz CT molecular complexity index is 535. The third kappa shape index (κ3) is 3.82. The normalized spacial score (nSPS) is 17.2. The predicted octanol–water partition coefficient (Wildman–Crippen LogP) is 3.25. The lowest BCUT2D eigenvalue weighted by Crippen LogP contribution is -2.41. The second-order valence-electron chi connectivity index (χ2n) is 6.35. The van der Waals surface area contributed by atoms with E-state index in [1.807, 2.05) is 36.2 Å². The van der Waals surface area contributed by atoms with Gasteiger partial charge < -0.3 is 10.6 Å². The van der Waals surface area contributed by atoms with Crippen molar-refractivity contribution >= 4 is 23.1 Å². The van der Waals surface area contributed by atoms with Crippen LogP contribution in [-0.2, 0) is 11.3 Å². The van der Waals surface area contributed by atoms with E-state index in [-0.39, 0.29) is 11.3 Å². The van der Waals surface area contributed by atoms with Gasteiger partial charge in [-0.2, -0.15) is 0 Å². The Balaban J connectivity index is 2.06. The summed E-state index contributed by atoms with van der Waals surface area (Å²) in [4.78, 5) is 14.9. The number of benzene rings is 1. The second-order valence-corrected chi connectivity index (χ2v) is 6.79. The van der Waals surface area contributed by atoms with Crippen LogP contribution in [0.25, 0.3) is 0 Å². The van der Waals surface area contributed by atoms with E-state index in [0.29, 0.717) is 11.5 Å². The molecule has 1 amide bonds. The molecule has 0 unspecified atom stereocenters. The van der Waals surface area contributed by atoms with Gasteiger partial charge in [0.25, 0.3) is 0 Å². The van der Waals surface area contributed by atoms with Crippen LogP contribution in [0.4, 0.5) is 0 Å². The zero-order chi connectivity index (χ0) is 15.5. The van der Waals surface area contributed by atoms with Crippen LogP contribution in [0, 0.1) is 5.41 Å². The summed E-state index contributed by atoms with van der Waals surface area (Å²) in [5, 5.41) is 0. The van der Waals surface area contributed by atoms with Crippen molar-refractivity contribution in [2.45, 2.75) is 45.6 Å². The molecule has 0 radical (unpaired) electrons. The molecule has 0 aromatic heterocycles. The number of carbonyl (C=O) groups excluding carboxylic acids is 1. The molecule has 1 aromatic carbocycles. The maximum absolute atomic E-state index is 12.7. The standard InChI is InChI=1S/C17H24N2OS/c1-17(9-4-3-5-10-17)16(20)19(2)12-13-7-6-8-14(11-13)15(18)21/h6-8,11H,3-5,9-10,12H2,1-2H3,(H2,18,21). The van der Waals surface area contributed by atoms with Crippen molar-refractivity contribution in [3.8, 4) is 0 Å². The van der Waals surface area contributed by atoms with Crippen molar-refractivity contribution in [3.63, 3.8) is 0 Å². The zero-order valence-corrected chi connectivity index (χ0v) is 13.7. The summed E-state index contributed by atoms with van der Waals surface area (Å²) >= 11 is 5.00. The molecule has 1 aliphatic rings. The first-order valence-electron chi connectivity index (χ1n) is 7.57. The van der Waals surface area contributed by atoms with Gasteiger partial charge in [0.2, 0.25) is 5.91 Å². The molecule has 1 aliphatic carbocycles. The number of nitrogens with zero attached hydrogens (tertiary/aromatic N) is 1. The van der Waals surface area contributed by atoms with E-state index in [0.717, 1.165) is 36.8 Å². The van der Waals surface area contributed by atoms with Gasteiger partial charge in [0.15, 0.2) is 0 Å². The molecule has 0 aliphatic heterocycles. The lowest BCUT2D eigenvalue weighted by Gasteiger charge is -2.35. The molecule has 2 rings (SSSR count). The molecule has 114 valence electrons. The van der Waals surface area contributed by atoms with Crippen LogP contribution in [0.2, 0.25) is 0 Å². The minimum absolute atomic E-state index is 0.187. The molecular weight excluding hydrogens is 280 g/mol. The van der Waals surface area contributed by atoms with Crippen molar-refractivity contribution in [1.82, 2.24) is 4.90 Å². The molecule has 21 heavy (non-hydrogen) atoms. The molecule has 0 atom stereocenters. The molecule has 1 saturated carbocycles. The van der Waals surface area contributed by atoms with E-state index < -0.39 is 0 Å². The highest BCUT2D eigenvalue weighted by Crippen LogP contribution is 2.37. The Labute approximate surface area is 132 Å². The van der Waals surface area contributed by atoms with Crippen LogP contribution < -0.4 is 5.73 Å². The van der Waals surface area contributed by atoms with E-state index in [9.17, 15) is 4.79 Å². The maximum atomic E-state index is 12.7. The quantitative estimate of drug-likeness (QED) is 0.869. The van der Waals surface area contributed by atoms with Gasteiger partial charge in [-0.3, -0.25) is 4.79 Å². The maximum Gasteiger partial charge on any atom is 0.228 e. The summed E-state index contributed by atoms with van der Waals surface area (Å²) in [5.74, 6) is 0.253. The molecule has 1 fully saturated rings. The first-order chi connectivity index (χ1) is 9.92. The van der Waals surface area contributed by atoms with Crippen molar-refractivity contribution in [1.29, 1.82) is 0 Å². The lowest BCUT2D eigenvalue weighted by atomic mass is 9.74. The topological polar surface area (TPSA) is 46.3 Å². The van der Waals surface area contributed by atoms with Gasteiger partial charge >= 0.3 is 0 Å². The van der Waals surface area contributed by atoms with Crippen molar-refractivity contribution in [2.24, 2.45) is 11.1 Å². The molecule has 3 nitrogen and oxygen atoms in total. The number of carbonyl (C=O) groups is 1.